The molecule has 4 unspecified atom stereocenters. The molecule has 0 aromatic heterocycles. The summed E-state index contributed by atoms with van der Waals surface area (Å²) in [4.78, 5) is 77.2. The Morgan fingerprint density at radius 1 is 0.870 bits per heavy atom. The number of likely N-dealkylation sites (tertiary alicyclic amines) is 1. The Morgan fingerprint density at radius 2 is 1.37 bits per heavy atom. The molecule has 3 N–H and O–H groups in total. The molecule has 2 aliphatic rings. The number of likely N-dealkylation sites (N-methyl/N-ethyl adjacent to an activating group) is 1. The summed E-state index contributed by atoms with van der Waals surface area (Å²) in [6.45, 7) is 12.2. The van der Waals surface area contributed by atoms with Crippen LogP contribution in [-0.4, -0.2) is 90.8 Å². The first kappa shape index (κ1) is 41.4. The van der Waals surface area contributed by atoms with Crippen LogP contribution < -0.4 is 10.6 Å². The fourth-order valence-electron chi connectivity index (χ4n) is 6.57. The normalized spacial score (nSPS) is 19.5. The molecule has 2 aromatic rings. The van der Waals surface area contributed by atoms with Crippen LogP contribution in [0.3, 0.4) is 0 Å². The van der Waals surface area contributed by atoms with Gasteiger partial charge in [0.15, 0.2) is 0 Å². The number of carbonyl (C=O) groups is 4. The Labute approximate surface area is 313 Å². The van der Waals surface area contributed by atoms with Crippen LogP contribution in [0.2, 0.25) is 0 Å². The minimum absolute atomic E-state index is 0.0836. The third-order valence-corrected chi connectivity index (χ3v) is 9.10. The number of nitrogens with one attached hydrogen (secondary N) is 2. The van der Waals surface area contributed by atoms with Gasteiger partial charge in [-0.2, -0.15) is 5.06 Å². The standard InChI is InChI=1S/C36H49N7O11/c1-9-25(39(8)33(46)53-35(2,3)4)31(44)37-23-14-12-21(19-29(23)42(49)50)26-16-17-27(41(26)48)22-13-15-24(30(20-22)43(51)52)38-32(45)28-11-10-18-40(28)34(47)54-36(5,6)7/h12-15,19-20,25-28,48H,9-11,16-18H2,1-8H3,(H,37,44)(H,38,45). The van der Waals surface area contributed by atoms with Crippen LogP contribution in [0.5, 0.6) is 0 Å². The molecule has 2 saturated heterocycles. The highest BCUT2D eigenvalue weighted by atomic mass is 16.6. The van der Waals surface area contributed by atoms with E-state index in [0.717, 1.165) is 9.96 Å². The van der Waals surface area contributed by atoms with E-state index in [0.29, 0.717) is 43.4 Å². The van der Waals surface area contributed by atoms with E-state index >= 15 is 0 Å². The van der Waals surface area contributed by atoms with Crippen molar-refractivity contribution in [2.24, 2.45) is 0 Å². The lowest BCUT2D eigenvalue weighted by Crippen LogP contribution is -2.46. The van der Waals surface area contributed by atoms with Crippen molar-refractivity contribution in [3.63, 3.8) is 0 Å². The summed E-state index contributed by atoms with van der Waals surface area (Å²) in [6, 6.07) is 4.96. The van der Waals surface area contributed by atoms with Gasteiger partial charge < -0.3 is 25.3 Å². The molecule has 54 heavy (non-hydrogen) atoms. The maximum absolute atomic E-state index is 13.2. The van der Waals surface area contributed by atoms with Gasteiger partial charge in [-0.15, -0.1) is 0 Å². The molecule has 2 aliphatic heterocycles. The first-order chi connectivity index (χ1) is 25.1. The van der Waals surface area contributed by atoms with Crippen LogP contribution in [0.25, 0.3) is 0 Å². The van der Waals surface area contributed by atoms with E-state index in [1.54, 1.807) is 54.5 Å². The van der Waals surface area contributed by atoms with Gasteiger partial charge in [-0.1, -0.05) is 19.1 Å². The molecule has 2 heterocycles. The van der Waals surface area contributed by atoms with Gasteiger partial charge in [0, 0.05) is 25.7 Å². The van der Waals surface area contributed by atoms with Gasteiger partial charge in [-0.3, -0.25) is 39.6 Å². The number of carbonyl (C=O) groups excluding carboxylic acids is 4. The van der Waals surface area contributed by atoms with Crippen LogP contribution in [0.1, 0.15) is 104 Å². The highest BCUT2D eigenvalue weighted by molar-refractivity contribution is 5.99. The van der Waals surface area contributed by atoms with E-state index < -0.39 is 80.6 Å². The first-order valence-electron chi connectivity index (χ1n) is 17.7. The number of rotatable bonds is 10. The maximum atomic E-state index is 13.2. The van der Waals surface area contributed by atoms with E-state index in [1.807, 2.05) is 0 Å². The average molecular weight is 756 g/mol. The van der Waals surface area contributed by atoms with Crippen LogP contribution in [0, 0.1) is 20.2 Å². The number of nitro benzene ring substituents is 2. The van der Waals surface area contributed by atoms with Crippen LogP contribution in [0.4, 0.5) is 32.3 Å². The number of ether oxygens (including phenoxy) is 2. The smallest absolute Gasteiger partial charge is 0.410 e. The van der Waals surface area contributed by atoms with Crippen molar-refractivity contribution < 1.29 is 43.7 Å². The second-order valence-electron chi connectivity index (χ2n) is 15.4. The van der Waals surface area contributed by atoms with Crippen molar-refractivity contribution in [2.45, 2.75) is 116 Å². The second kappa shape index (κ2) is 16.3. The summed E-state index contributed by atoms with van der Waals surface area (Å²) in [6.07, 6.45) is 0.400. The molecule has 4 atom stereocenters. The number of hydrogen-bond acceptors (Lipinski definition) is 12. The first-order valence-corrected chi connectivity index (χ1v) is 17.7. The third kappa shape index (κ3) is 9.79. The Balaban J connectivity index is 1.50. The number of amides is 4. The van der Waals surface area contributed by atoms with Crippen molar-refractivity contribution in [2.75, 3.05) is 24.2 Å². The summed E-state index contributed by atoms with van der Waals surface area (Å²) in [5.41, 5.74) is -1.87. The average Bonchev–Trinajstić information content (AvgIpc) is 3.71. The van der Waals surface area contributed by atoms with Crippen LogP contribution in [0.15, 0.2) is 36.4 Å². The van der Waals surface area contributed by atoms with Crippen molar-refractivity contribution in [1.29, 1.82) is 0 Å². The van der Waals surface area contributed by atoms with Gasteiger partial charge in [-0.25, -0.2) is 9.59 Å². The summed E-state index contributed by atoms with van der Waals surface area (Å²) in [5, 5.41) is 41.7. The van der Waals surface area contributed by atoms with Gasteiger partial charge in [0.05, 0.1) is 21.9 Å². The van der Waals surface area contributed by atoms with Gasteiger partial charge in [0.25, 0.3) is 11.4 Å². The second-order valence-corrected chi connectivity index (χ2v) is 15.4. The number of nitro groups is 2. The van der Waals surface area contributed by atoms with Gasteiger partial charge in [0.2, 0.25) is 11.8 Å². The molecule has 4 rings (SSSR count). The number of benzene rings is 2. The lowest BCUT2D eigenvalue weighted by atomic mass is 10.0. The highest BCUT2D eigenvalue weighted by Crippen LogP contribution is 2.45. The number of nitrogens with zero attached hydrogens (tertiary/aromatic N) is 5. The maximum Gasteiger partial charge on any atom is 0.410 e. The van der Waals surface area contributed by atoms with Gasteiger partial charge in [0.1, 0.15) is 34.7 Å². The monoisotopic (exact) mass is 755 g/mol. The van der Waals surface area contributed by atoms with Gasteiger partial charge in [-0.05, 0) is 96.9 Å². The molecule has 18 heteroatoms. The predicted octanol–water partition coefficient (Wildman–Crippen LogP) is 6.69. The van der Waals surface area contributed by atoms with Gasteiger partial charge >= 0.3 is 12.2 Å². The summed E-state index contributed by atoms with van der Waals surface area (Å²) in [5.74, 6) is -1.25. The molecule has 0 saturated carbocycles. The molecule has 0 bridgehead atoms. The van der Waals surface area contributed by atoms with Crippen molar-refractivity contribution in [3.8, 4) is 0 Å². The summed E-state index contributed by atoms with van der Waals surface area (Å²) in [7, 11) is 1.40. The molecule has 18 nitrogen and oxygen atoms in total. The molecular formula is C36H49N7O11. The molecule has 0 aliphatic carbocycles. The Morgan fingerprint density at radius 3 is 1.83 bits per heavy atom. The molecule has 294 valence electrons. The number of hydroxylamine groups is 2. The molecule has 0 spiro atoms. The van der Waals surface area contributed by atoms with E-state index in [4.69, 9.17) is 9.47 Å². The molecule has 4 amide bonds. The zero-order valence-corrected chi connectivity index (χ0v) is 31.8. The lowest BCUT2D eigenvalue weighted by molar-refractivity contribution is -0.384. The van der Waals surface area contributed by atoms with Crippen LogP contribution in [-0.2, 0) is 19.1 Å². The van der Waals surface area contributed by atoms with Crippen LogP contribution >= 0.6 is 0 Å². The number of anilines is 2. The summed E-state index contributed by atoms with van der Waals surface area (Å²) >= 11 is 0. The van der Waals surface area contributed by atoms with E-state index in [2.05, 4.69) is 10.6 Å². The van der Waals surface area contributed by atoms with E-state index in [9.17, 15) is 44.6 Å². The zero-order chi connectivity index (χ0) is 40.3. The quantitative estimate of drug-likeness (QED) is 0.170. The minimum Gasteiger partial charge on any atom is -0.444 e. The Bertz CT molecular complexity index is 1700. The topological polar surface area (TPSA) is 227 Å². The third-order valence-electron chi connectivity index (χ3n) is 9.10. The van der Waals surface area contributed by atoms with Crippen molar-refractivity contribution in [3.05, 3.63) is 67.8 Å². The van der Waals surface area contributed by atoms with Crippen molar-refractivity contribution >= 4 is 46.8 Å². The SMILES string of the molecule is CCC(C(=O)Nc1ccc(C2CCC(c3ccc(NC(=O)C4CCCN4C(=O)OC(C)(C)C)c([N+](=O)[O-])c3)N2O)cc1[N+](=O)[O-])N(C)C(=O)OC(C)(C)C. The minimum atomic E-state index is -0.985. The largest absolute Gasteiger partial charge is 0.444 e. The molecule has 2 aromatic carbocycles. The van der Waals surface area contributed by atoms with E-state index in [-0.39, 0.29) is 17.8 Å². The zero-order valence-electron chi connectivity index (χ0n) is 31.8. The fourth-order valence-corrected chi connectivity index (χ4v) is 6.57. The predicted molar refractivity (Wildman–Crippen MR) is 196 cm³/mol. The lowest BCUT2D eigenvalue weighted by Gasteiger charge is -2.29. The van der Waals surface area contributed by atoms with E-state index in [1.165, 1.54) is 42.3 Å². The fraction of sp³-hybridized carbons (Fsp3) is 0.556. The molecule has 0 radical (unpaired) electrons. The van der Waals surface area contributed by atoms with Crippen molar-refractivity contribution in [1.82, 2.24) is 14.9 Å². The summed E-state index contributed by atoms with van der Waals surface area (Å²) < 4.78 is 10.8. The highest BCUT2D eigenvalue weighted by Gasteiger charge is 2.39. The Kier molecular flexibility index (Phi) is 12.5. The number of hydrogen-bond donors (Lipinski definition) is 3. The molecular weight excluding hydrogens is 706 g/mol. The molecule has 2 fully saturated rings. The Hall–Kier alpha value is -5.36.